The molecule has 140 valence electrons. The van der Waals surface area contributed by atoms with Gasteiger partial charge in [0.05, 0.1) is 36.9 Å². The van der Waals surface area contributed by atoms with Crippen molar-refractivity contribution in [2.75, 3.05) is 13.2 Å². The van der Waals surface area contributed by atoms with Crippen LogP contribution in [0.5, 0.6) is 0 Å². The van der Waals surface area contributed by atoms with Gasteiger partial charge in [-0.25, -0.2) is 0 Å². The topological polar surface area (TPSA) is 79.9 Å². The fourth-order valence-electron chi connectivity index (χ4n) is 3.83. The van der Waals surface area contributed by atoms with Gasteiger partial charge in [0.1, 0.15) is 0 Å². The predicted molar refractivity (Wildman–Crippen MR) is 103 cm³/mol. The molecule has 0 spiro atoms. The average molecular weight is 364 g/mol. The van der Waals surface area contributed by atoms with Crippen LogP contribution in [0.25, 0.3) is 10.9 Å². The lowest BCUT2D eigenvalue weighted by Crippen LogP contribution is -2.41. The highest BCUT2D eigenvalue weighted by Crippen LogP contribution is 2.24. The Hall–Kier alpha value is -2.73. The molecule has 1 amide bonds. The molecule has 2 N–H and O–H groups in total. The standard InChI is InChI=1S/C21H24N4O2/c1-13-18(14(2)25-24-13)10-21(26)23-20-12-27-11-16(20)9-15-7-8-22-19-6-4-3-5-17(15)19/h3-8,16,20H,9-12H2,1-2H3,(H,23,26)(H,24,25)/t16-,20+/m1/s1. The largest absolute Gasteiger partial charge is 0.379 e. The van der Waals surface area contributed by atoms with Gasteiger partial charge in [-0.3, -0.25) is 14.9 Å². The van der Waals surface area contributed by atoms with Gasteiger partial charge in [-0.05, 0) is 38.0 Å². The van der Waals surface area contributed by atoms with Crippen LogP contribution in [0.4, 0.5) is 0 Å². The van der Waals surface area contributed by atoms with E-state index in [0.29, 0.717) is 19.6 Å². The van der Waals surface area contributed by atoms with E-state index in [0.717, 1.165) is 28.9 Å². The van der Waals surface area contributed by atoms with Crippen molar-refractivity contribution in [3.63, 3.8) is 0 Å². The summed E-state index contributed by atoms with van der Waals surface area (Å²) in [6.45, 7) is 5.08. The molecule has 0 unspecified atom stereocenters. The maximum absolute atomic E-state index is 12.6. The number of ether oxygens (including phenoxy) is 1. The van der Waals surface area contributed by atoms with E-state index in [2.05, 4.69) is 32.6 Å². The molecule has 2 atom stereocenters. The van der Waals surface area contributed by atoms with E-state index in [1.54, 1.807) is 0 Å². The Labute approximate surface area is 158 Å². The molecular weight excluding hydrogens is 340 g/mol. The molecule has 1 aromatic carbocycles. The summed E-state index contributed by atoms with van der Waals surface area (Å²) < 4.78 is 5.69. The zero-order chi connectivity index (χ0) is 18.8. The number of benzene rings is 1. The monoisotopic (exact) mass is 364 g/mol. The van der Waals surface area contributed by atoms with Gasteiger partial charge in [0.2, 0.25) is 5.91 Å². The van der Waals surface area contributed by atoms with Gasteiger partial charge in [0.25, 0.3) is 0 Å². The number of hydrogen-bond donors (Lipinski definition) is 2. The second kappa shape index (κ2) is 7.48. The van der Waals surface area contributed by atoms with Gasteiger partial charge < -0.3 is 10.1 Å². The number of nitrogens with one attached hydrogen (secondary N) is 2. The highest BCUT2D eigenvalue weighted by atomic mass is 16.5. The molecular formula is C21H24N4O2. The Bertz CT molecular complexity index is 941. The number of para-hydroxylation sites is 1. The van der Waals surface area contributed by atoms with E-state index in [1.807, 2.05) is 38.2 Å². The van der Waals surface area contributed by atoms with Crippen molar-refractivity contribution in [3.05, 3.63) is 59.0 Å². The van der Waals surface area contributed by atoms with Gasteiger partial charge in [0, 0.05) is 28.8 Å². The van der Waals surface area contributed by atoms with Crippen molar-refractivity contribution < 1.29 is 9.53 Å². The van der Waals surface area contributed by atoms with Crippen LogP contribution in [-0.4, -0.2) is 40.3 Å². The maximum Gasteiger partial charge on any atom is 0.224 e. The fraction of sp³-hybridized carbons (Fsp3) is 0.381. The van der Waals surface area contributed by atoms with Crippen molar-refractivity contribution in [3.8, 4) is 0 Å². The van der Waals surface area contributed by atoms with Crippen LogP contribution in [0.1, 0.15) is 22.5 Å². The van der Waals surface area contributed by atoms with Crippen molar-refractivity contribution in [1.29, 1.82) is 0 Å². The number of aromatic amines is 1. The molecule has 0 saturated carbocycles. The van der Waals surface area contributed by atoms with Gasteiger partial charge in [0.15, 0.2) is 0 Å². The summed E-state index contributed by atoms with van der Waals surface area (Å²) in [7, 11) is 0. The molecule has 27 heavy (non-hydrogen) atoms. The Kier molecular flexibility index (Phi) is 4.90. The first kappa shape index (κ1) is 17.7. The van der Waals surface area contributed by atoms with E-state index in [-0.39, 0.29) is 17.9 Å². The number of pyridine rings is 1. The number of carbonyl (C=O) groups is 1. The molecule has 0 radical (unpaired) electrons. The second-order valence-corrected chi connectivity index (χ2v) is 7.25. The van der Waals surface area contributed by atoms with Crippen molar-refractivity contribution in [2.24, 2.45) is 5.92 Å². The molecule has 2 aromatic heterocycles. The minimum Gasteiger partial charge on any atom is -0.379 e. The predicted octanol–water partition coefficient (Wildman–Crippen LogP) is 2.49. The van der Waals surface area contributed by atoms with Crippen LogP contribution in [0.15, 0.2) is 36.5 Å². The molecule has 0 aliphatic carbocycles. The number of nitrogens with zero attached hydrogens (tertiary/aromatic N) is 2. The summed E-state index contributed by atoms with van der Waals surface area (Å²) in [5.41, 5.74) is 5.05. The second-order valence-electron chi connectivity index (χ2n) is 7.25. The molecule has 6 heteroatoms. The minimum absolute atomic E-state index is 0.0164. The lowest BCUT2D eigenvalue weighted by molar-refractivity contribution is -0.121. The Balaban J connectivity index is 1.45. The molecule has 1 fully saturated rings. The Morgan fingerprint density at radius 3 is 2.93 bits per heavy atom. The highest BCUT2D eigenvalue weighted by molar-refractivity contribution is 5.82. The molecule has 3 heterocycles. The number of carbonyl (C=O) groups excluding carboxylic acids is 1. The van der Waals surface area contributed by atoms with E-state index in [9.17, 15) is 4.79 Å². The van der Waals surface area contributed by atoms with Crippen LogP contribution in [-0.2, 0) is 22.4 Å². The number of H-pyrrole nitrogens is 1. The number of hydrogen-bond acceptors (Lipinski definition) is 4. The number of fused-ring (bicyclic) bond motifs is 1. The third-order valence-electron chi connectivity index (χ3n) is 5.38. The van der Waals surface area contributed by atoms with Crippen LogP contribution in [0, 0.1) is 19.8 Å². The zero-order valence-electron chi connectivity index (χ0n) is 15.7. The van der Waals surface area contributed by atoms with Gasteiger partial charge in [-0.15, -0.1) is 0 Å². The Morgan fingerprint density at radius 1 is 1.26 bits per heavy atom. The Morgan fingerprint density at radius 2 is 2.11 bits per heavy atom. The quantitative estimate of drug-likeness (QED) is 0.729. The van der Waals surface area contributed by atoms with E-state index in [4.69, 9.17) is 4.74 Å². The SMILES string of the molecule is Cc1n[nH]c(C)c1CC(=O)N[C@H]1COC[C@H]1Cc1ccnc2ccccc12. The van der Waals surface area contributed by atoms with Gasteiger partial charge in [-0.1, -0.05) is 18.2 Å². The van der Waals surface area contributed by atoms with Gasteiger partial charge >= 0.3 is 0 Å². The molecule has 1 aliphatic rings. The normalized spacial score (nSPS) is 19.5. The molecule has 1 saturated heterocycles. The summed E-state index contributed by atoms with van der Waals surface area (Å²) in [6, 6.07) is 10.3. The summed E-state index contributed by atoms with van der Waals surface area (Å²) in [5, 5.41) is 11.4. The number of rotatable bonds is 5. The van der Waals surface area contributed by atoms with Crippen LogP contribution in [0.2, 0.25) is 0 Å². The van der Waals surface area contributed by atoms with Crippen molar-refractivity contribution in [2.45, 2.75) is 32.7 Å². The minimum atomic E-state index is 0.0164. The lowest BCUT2D eigenvalue weighted by Gasteiger charge is -2.20. The van der Waals surface area contributed by atoms with Crippen molar-refractivity contribution in [1.82, 2.24) is 20.5 Å². The number of amides is 1. The van der Waals surface area contributed by atoms with Crippen LogP contribution >= 0.6 is 0 Å². The first-order chi connectivity index (χ1) is 13.1. The molecule has 3 aromatic rings. The van der Waals surface area contributed by atoms with E-state index in [1.165, 1.54) is 10.9 Å². The molecule has 4 rings (SSSR count). The van der Waals surface area contributed by atoms with E-state index < -0.39 is 0 Å². The van der Waals surface area contributed by atoms with E-state index >= 15 is 0 Å². The third kappa shape index (κ3) is 3.71. The van der Waals surface area contributed by atoms with Gasteiger partial charge in [-0.2, -0.15) is 5.10 Å². The summed E-state index contributed by atoms with van der Waals surface area (Å²) in [4.78, 5) is 17.0. The first-order valence-corrected chi connectivity index (χ1v) is 9.32. The number of aryl methyl sites for hydroxylation is 2. The third-order valence-corrected chi connectivity index (χ3v) is 5.38. The van der Waals surface area contributed by atoms with Crippen LogP contribution < -0.4 is 5.32 Å². The molecule has 0 bridgehead atoms. The zero-order valence-corrected chi connectivity index (χ0v) is 15.7. The van der Waals surface area contributed by atoms with Crippen LogP contribution in [0.3, 0.4) is 0 Å². The van der Waals surface area contributed by atoms with Crippen molar-refractivity contribution >= 4 is 16.8 Å². The summed E-state index contributed by atoms with van der Waals surface area (Å²) in [6.07, 6.45) is 3.05. The fourth-order valence-corrected chi connectivity index (χ4v) is 3.83. The summed E-state index contributed by atoms with van der Waals surface area (Å²) >= 11 is 0. The molecule has 1 aliphatic heterocycles. The summed E-state index contributed by atoms with van der Waals surface area (Å²) in [5.74, 6) is 0.272. The maximum atomic E-state index is 12.6. The highest BCUT2D eigenvalue weighted by Gasteiger charge is 2.30. The molecule has 6 nitrogen and oxygen atoms in total. The smallest absolute Gasteiger partial charge is 0.224 e. The average Bonchev–Trinajstić information content (AvgIpc) is 3.23. The number of aromatic nitrogens is 3. The lowest BCUT2D eigenvalue weighted by atomic mass is 9.93. The first-order valence-electron chi connectivity index (χ1n) is 9.32.